The summed E-state index contributed by atoms with van der Waals surface area (Å²) in [7, 11) is 0. The molecule has 0 radical (unpaired) electrons. The van der Waals surface area contributed by atoms with Gasteiger partial charge in [0.15, 0.2) is 13.2 Å². The predicted octanol–water partition coefficient (Wildman–Crippen LogP) is 3.87. The normalized spacial score (nSPS) is 11.7. The molecule has 1 aromatic carbocycles. The fraction of sp³-hybridized carbons (Fsp3) is 0.467. The maximum atomic E-state index is 11.6. The van der Waals surface area contributed by atoms with Crippen LogP contribution in [0.2, 0.25) is 15.1 Å². The van der Waals surface area contributed by atoms with E-state index in [-0.39, 0.29) is 39.4 Å². The molecule has 0 aliphatic rings. The molecule has 0 aliphatic heterocycles. The number of nitrogens with one attached hydrogen (secondary N) is 1. The van der Waals surface area contributed by atoms with Crippen LogP contribution in [0.5, 0.6) is 5.75 Å². The first kappa shape index (κ1) is 19.9. The third-order valence-corrected chi connectivity index (χ3v) is 3.83. The number of carbonyl (C=O) groups is 2. The zero-order valence-corrected chi connectivity index (χ0v) is 15.1. The lowest BCUT2D eigenvalue weighted by Crippen LogP contribution is -2.36. The fourth-order valence-corrected chi connectivity index (χ4v) is 2.35. The van der Waals surface area contributed by atoms with Gasteiger partial charge in [-0.05, 0) is 19.4 Å². The van der Waals surface area contributed by atoms with Gasteiger partial charge < -0.3 is 14.8 Å². The van der Waals surface area contributed by atoms with E-state index in [9.17, 15) is 9.59 Å². The first-order chi connectivity index (χ1) is 10.8. The SMILES string of the molecule is CCC[C@@H](C)NC(=O)COC(=O)COc1cc(Cl)c(Cl)cc1Cl. The average molecular weight is 383 g/mol. The molecule has 23 heavy (non-hydrogen) atoms. The number of esters is 1. The van der Waals surface area contributed by atoms with Crippen molar-refractivity contribution in [3.8, 4) is 5.75 Å². The summed E-state index contributed by atoms with van der Waals surface area (Å²) in [6, 6.07) is 2.85. The Morgan fingerprint density at radius 1 is 1.13 bits per heavy atom. The van der Waals surface area contributed by atoms with Gasteiger partial charge in [0.05, 0.1) is 15.1 Å². The molecule has 1 N–H and O–H groups in total. The van der Waals surface area contributed by atoms with Gasteiger partial charge in [-0.25, -0.2) is 4.79 Å². The van der Waals surface area contributed by atoms with Crippen molar-refractivity contribution in [2.24, 2.45) is 0 Å². The van der Waals surface area contributed by atoms with E-state index in [1.807, 2.05) is 13.8 Å². The first-order valence-electron chi connectivity index (χ1n) is 7.05. The number of halogens is 3. The number of benzene rings is 1. The highest BCUT2D eigenvalue weighted by atomic mass is 35.5. The molecule has 0 aliphatic carbocycles. The van der Waals surface area contributed by atoms with Crippen LogP contribution in [0.25, 0.3) is 0 Å². The maximum absolute atomic E-state index is 11.6. The van der Waals surface area contributed by atoms with Crippen molar-refractivity contribution in [2.75, 3.05) is 13.2 Å². The minimum atomic E-state index is -0.689. The van der Waals surface area contributed by atoms with Crippen LogP contribution in [0, 0.1) is 0 Å². The Morgan fingerprint density at radius 2 is 1.78 bits per heavy atom. The number of rotatable bonds is 8. The molecule has 0 unspecified atom stereocenters. The van der Waals surface area contributed by atoms with Gasteiger partial charge >= 0.3 is 5.97 Å². The first-order valence-corrected chi connectivity index (χ1v) is 8.19. The Hall–Kier alpha value is -1.17. The third-order valence-electron chi connectivity index (χ3n) is 2.81. The monoisotopic (exact) mass is 381 g/mol. The summed E-state index contributed by atoms with van der Waals surface area (Å²) in [4.78, 5) is 23.1. The van der Waals surface area contributed by atoms with Crippen LogP contribution in [0.4, 0.5) is 0 Å². The molecule has 0 heterocycles. The van der Waals surface area contributed by atoms with E-state index >= 15 is 0 Å². The maximum Gasteiger partial charge on any atom is 0.344 e. The average Bonchev–Trinajstić information content (AvgIpc) is 2.47. The smallest absolute Gasteiger partial charge is 0.344 e. The van der Waals surface area contributed by atoms with Crippen molar-refractivity contribution in [1.29, 1.82) is 0 Å². The van der Waals surface area contributed by atoms with Crippen LogP contribution in [0.3, 0.4) is 0 Å². The summed E-state index contributed by atoms with van der Waals surface area (Å²) < 4.78 is 10.0. The summed E-state index contributed by atoms with van der Waals surface area (Å²) in [6.45, 7) is 3.16. The lowest BCUT2D eigenvalue weighted by molar-refractivity contribution is -0.150. The largest absolute Gasteiger partial charge is 0.480 e. The second kappa shape index (κ2) is 9.85. The minimum absolute atomic E-state index is 0.0393. The molecule has 0 bridgehead atoms. The molecular weight excluding hydrogens is 365 g/mol. The van der Waals surface area contributed by atoms with Crippen LogP contribution in [-0.2, 0) is 14.3 Å². The molecule has 1 rings (SSSR count). The summed E-state index contributed by atoms with van der Waals surface area (Å²) >= 11 is 17.5. The molecule has 1 atom stereocenters. The number of amides is 1. The molecule has 5 nitrogen and oxygen atoms in total. The summed E-state index contributed by atoms with van der Waals surface area (Å²) in [6.07, 6.45) is 1.82. The third kappa shape index (κ3) is 7.29. The van der Waals surface area contributed by atoms with E-state index < -0.39 is 12.6 Å². The summed E-state index contributed by atoms with van der Waals surface area (Å²) in [5.41, 5.74) is 0. The van der Waals surface area contributed by atoms with Gasteiger partial charge in [-0.1, -0.05) is 48.1 Å². The number of hydrogen-bond acceptors (Lipinski definition) is 4. The molecular formula is C15H18Cl3NO4. The molecule has 1 aromatic rings. The Balaban J connectivity index is 2.37. The van der Waals surface area contributed by atoms with Gasteiger partial charge in [0, 0.05) is 12.1 Å². The molecule has 0 fully saturated rings. The van der Waals surface area contributed by atoms with Crippen molar-refractivity contribution in [2.45, 2.75) is 32.7 Å². The molecule has 0 saturated carbocycles. The number of hydrogen-bond donors (Lipinski definition) is 1. The zero-order valence-electron chi connectivity index (χ0n) is 12.8. The van der Waals surface area contributed by atoms with Crippen molar-refractivity contribution < 1.29 is 19.1 Å². The Bertz CT molecular complexity index is 566. The van der Waals surface area contributed by atoms with E-state index in [4.69, 9.17) is 44.3 Å². The zero-order chi connectivity index (χ0) is 17.4. The Kier molecular flexibility index (Phi) is 8.52. The van der Waals surface area contributed by atoms with Crippen LogP contribution in [0.15, 0.2) is 12.1 Å². The van der Waals surface area contributed by atoms with Gasteiger partial charge in [-0.3, -0.25) is 4.79 Å². The molecule has 1 amide bonds. The van der Waals surface area contributed by atoms with Crippen LogP contribution < -0.4 is 10.1 Å². The van der Waals surface area contributed by atoms with E-state index in [2.05, 4.69) is 5.32 Å². The molecule has 0 saturated heterocycles. The van der Waals surface area contributed by atoms with Crippen molar-refractivity contribution in [1.82, 2.24) is 5.32 Å². The van der Waals surface area contributed by atoms with E-state index in [0.29, 0.717) is 0 Å². The van der Waals surface area contributed by atoms with Gasteiger partial charge in [0.25, 0.3) is 5.91 Å². The summed E-state index contributed by atoms with van der Waals surface area (Å²) in [5, 5.41) is 3.48. The van der Waals surface area contributed by atoms with Gasteiger partial charge in [0.1, 0.15) is 5.75 Å². The second-order valence-corrected chi connectivity index (χ2v) is 6.12. The van der Waals surface area contributed by atoms with Gasteiger partial charge in [-0.2, -0.15) is 0 Å². The lowest BCUT2D eigenvalue weighted by atomic mass is 10.2. The van der Waals surface area contributed by atoms with Gasteiger partial charge in [0.2, 0.25) is 0 Å². The lowest BCUT2D eigenvalue weighted by Gasteiger charge is -2.13. The fourth-order valence-electron chi connectivity index (χ4n) is 1.76. The van der Waals surface area contributed by atoms with E-state index in [1.54, 1.807) is 0 Å². The number of ether oxygens (including phenoxy) is 2. The highest BCUT2D eigenvalue weighted by Crippen LogP contribution is 2.33. The quantitative estimate of drug-likeness (QED) is 0.547. The molecule has 8 heteroatoms. The Morgan fingerprint density at radius 3 is 2.43 bits per heavy atom. The van der Waals surface area contributed by atoms with E-state index in [1.165, 1.54) is 12.1 Å². The second-order valence-electron chi connectivity index (χ2n) is 4.90. The van der Waals surface area contributed by atoms with Crippen LogP contribution >= 0.6 is 34.8 Å². The van der Waals surface area contributed by atoms with Crippen molar-refractivity contribution in [3.05, 3.63) is 27.2 Å². The Labute approximate surface area is 150 Å². The standard InChI is InChI=1S/C15H18Cl3NO4/c1-3-4-9(2)19-14(20)7-23-15(21)8-22-13-6-11(17)10(16)5-12(13)18/h5-6,9H,3-4,7-8H2,1-2H3,(H,19,20)/t9-/m1/s1. The highest BCUT2D eigenvalue weighted by Gasteiger charge is 2.12. The predicted molar refractivity (Wildman–Crippen MR) is 90.4 cm³/mol. The molecule has 0 aromatic heterocycles. The number of carbonyl (C=O) groups excluding carboxylic acids is 2. The van der Waals surface area contributed by atoms with Gasteiger partial charge in [-0.15, -0.1) is 0 Å². The topological polar surface area (TPSA) is 64.6 Å². The van der Waals surface area contributed by atoms with Crippen molar-refractivity contribution in [3.63, 3.8) is 0 Å². The molecule has 128 valence electrons. The van der Waals surface area contributed by atoms with E-state index in [0.717, 1.165) is 12.8 Å². The highest BCUT2D eigenvalue weighted by molar-refractivity contribution is 6.43. The van der Waals surface area contributed by atoms with Crippen LogP contribution in [-0.4, -0.2) is 31.1 Å². The summed E-state index contributed by atoms with van der Waals surface area (Å²) in [5.74, 6) is -0.837. The van der Waals surface area contributed by atoms with Crippen LogP contribution in [0.1, 0.15) is 26.7 Å². The molecule has 0 spiro atoms. The van der Waals surface area contributed by atoms with Crippen molar-refractivity contribution >= 4 is 46.7 Å². The minimum Gasteiger partial charge on any atom is -0.480 e.